The van der Waals surface area contributed by atoms with E-state index >= 15 is 0 Å². The fraction of sp³-hybridized carbons (Fsp3) is 0.524. The molecule has 32 heavy (non-hydrogen) atoms. The van der Waals surface area contributed by atoms with Crippen molar-refractivity contribution in [2.75, 3.05) is 49.3 Å². The number of fused-ring (bicyclic) bond motifs is 1. The molecule has 2 fully saturated rings. The van der Waals surface area contributed by atoms with E-state index in [0.717, 1.165) is 0 Å². The fourth-order valence-electron chi connectivity index (χ4n) is 4.09. The van der Waals surface area contributed by atoms with Gasteiger partial charge in [-0.1, -0.05) is 12.1 Å². The molecule has 2 aliphatic rings. The van der Waals surface area contributed by atoms with Crippen LogP contribution in [0.5, 0.6) is 0 Å². The number of halogens is 2. The number of ether oxygens (including phenoxy) is 2. The van der Waals surface area contributed by atoms with E-state index in [2.05, 4.69) is 15.0 Å². The van der Waals surface area contributed by atoms with Gasteiger partial charge in [0.15, 0.2) is 5.82 Å². The van der Waals surface area contributed by atoms with Crippen molar-refractivity contribution >= 4 is 22.9 Å². The van der Waals surface area contributed by atoms with Crippen LogP contribution in [0.4, 0.5) is 20.7 Å². The number of alkyl halides is 2. The standard InChI is InChI=1S/C21H25F2N7O2/c1-13-14(2)32-12-9-29(13)20-25-19(28-7-10-31-11-8-28)26-21(27-20)30-16-6-4-3-5-15(16)24-18(30)17(22)23/h3-6,13-14,17H,7-12H2,1-2H3/t13-,14+/m0/s1. The molecule has 0 N–H and O–H groups in total. The Bertz CT molecular complexity index is 1100. The second kappa shape index (κ2) is 8.55. The number of aromatic nitrogens is 5. The predicted molar refractivity (Wildman–Crippen MR) is 115 cm³/mol. The van der Waals surface area contributed by atoms with Crippen LogP contribution in [0.15, 0.2) is 24.3 Å². The van der Waals surface area contributed by atoms with E-state index in [1.165, 1.54) is 4.57 Å². The zero-order chi connectivity index (χ0) is 22.2. The van der Waals surface area contributed by atoms with Crippen molar-refractivity contribution in [1.29, 1.82) is 0 Å². The van der Waals surface area contributed by atoms with E-state index in [4.69, 9.17) is 14.5 Å². The monoisotopic (exact) mass is 445 g/mol. The number of imidazole rings is 1. The number of morpholine rings is 2. The lowest BCUT2D eigenvalue weighted by atomic mass is 10.1. The Morgan fingerprint density at radius 1 is 0.906 bits per heavy atom. The van der Waals surface area contributed by atoms with Crippen molar-refractivity contribution in [2.24, 2.45) is 0 Å². The van der Waals surface area contributed by atoms with Crippen LogP contribution in [0.1, 0.15) is 26.1 Å². The molecule has 2 aromatic heterocycles. The molecular weight excluding hydrogens is 420 g/mol. The molecule has 4 heterocycles. The number of hydrogen-bond acceptors (Lipinski definition) is 8. The molecule has 9 nitrogen and oxygen atoms in total. The van der Waals surface area contributed by atoms with Crippen LogP contribution in [-0.4, -0.2) is 76.1 Å². The Morgan fingerprint density at radius 3 is 2.41 bits per heavy atom. The van der Waals surface area contributed by atoms with Gasteiger partial charge < -0.3 is 19.3 Å². The maximum absolute atomic E-state index is 14.0. The van der Waals surface area contributed by atoms with E-state index < -0.39 is 6.43 Å². The summed E-state index contributed by atoms with van der Waals surface area (Å²) in [5.74, 6) is 0.626. The van der Waals surface area contributed by atoms with Gasteiger partial charge in [-0.25, -0.2) is 13.8 Å². The normalized spacial score (nSPS) is 22.2. The molecule has 3 aromatic rings. The highest BCUT2D eigenvalue weighted by Crippen LogP contribution is 2.29. The Labute approximate surface area is 184 Å². The Hall–Kier alpha value is -2.92. The molecule has 1 aromatic carbocycles. The van der Waals surface area contributed by atoms with Crippen LogP contribution in [0.2, 0.25) is 0 Å². The summed E-state index contributed by atoms with van der Waals surface area (Å²) in [6, 6.07) is 7.02. The molecule has 0 radical (unpaired) electrons. The third-order valence-corrected chi connectivity index (χ3v) is 6.02. The molecule has 0 unspecified atom stereocenters. The van der Waals surface area contributed by atoms with E-state index in [1.807, 2.05) is 23.6 Å². The Kier molecular flexibility index (Phi) is 5.60. The SMILES string of the molecule is C[C@H]1OCCN(c2nc(N3CCOCC3)nc(-n3c(C(F)F)nc4ccccc43)n2)[C@H]1C. The van der Waals surface area contributed by atoms with Gasteiger partial charge in [0, 0.05) is 19.6 Å². The third-order valence-electron chi connectivity index (χ3n) is 6.02. The van der Waals surface area contributed by atoms with Crippen molar-refractivity contribution in [1.82, 2.24) is 24.5 Å². The summed E-state index contributed by atoms with van der Waals surface area (Å²) in [5.41, 5.74) is 0.988. The van der Waals surface area contributed by atoms with E-state index in [0.29, 0.717) is 62.4 Å². The molecular formula is C21H25F2N7O2. The second-order valence-electron chi connectivity index (χ2n) is 7.94. The second-order valence-corrected chi connectivity index (χ2v) is 7.94. The number of rotatable bonds is 4. The van der Waals surface area contributed by atoms with Gasteiger partial charge in [0.05, 0.1) is 43.0 Å². The molecule has 5 rings (SSSR count). The van der Waals surface area contributed by atoms with Gasteiger partial charge in [0.1, 0.15) is 0 Å². The molecule has 2 aliphatic heterocycles. The first-order chi connectivity index (χ1) is 15.5. The highest BCUT2D eigenvalue weighted by Gasteiger charge is 2.30. The summed E-state index contributed by atoms with van der Waals surface area (Å²) in [6.45, 7) is 7.52. The maximum Gasteiger partial charge on any atom is 0.296 e. The van der Waals surface area contributed by atoms with Crippen LogP contribution in [0.3, 0.4) is 0 Å². The van der Waals surface area contributed by atoms with Gasteiger partial charge in [-0.15, -0.1) is 0 Å². The largest absolute Gasteiger partial charge is 0.378 e. The number of hydrogen-bond donors (Lipinski definition) is 0. The van der Waals surface area contributed by atoms with Crippen LogP contribution < -0.4 is 9.80 Å². The van der Waals surface area contributed by atoms with Gasteiger partial charge in [-0.3, -0.25) is 4.57 Å². The first-order valence-electron chi connectivity index (χ1n) is 10.8. The lowest BCUT2D eigenvalue weighted by Gasteiger charge is -2.38. The summed E-state index contributed by atoms with van der Waals surface area (Å²) in [6.07, 6.45) is -2.79. The number of para-hydroxylation sites is 2. The van der Waals surface area contributed by atoms with Gasteiger partial charge >= 0.3 is 0 Å². The average Bonchev–Trinajstić information content (AvgIpc) is 3.21. The molecule has 170 valence electrons. The zero-order valence-corrected chi connectivity index (χ0v) is 18.0. The quantitative estimate of drug-likeness (QED) is 0.606. The van der Waals surface area contributed by atoms with Crippen LogP contribution in [0, 0.1) is 0 Å². The minimum absolute atomic E-state index is 0.0125. The molecule has 0 aliphatic carbocycles. The minimum Gasteiger partial charge on any atom is -0.378 e. The minimum atomic E-state index is -2.78. The number of benzene rings is 1. The topological polar surface area (TPSA) is 81.4 Å². The fourth-order valence-corrected chi connectivity index (χ4v) is 4.09. The summed E-state index contributed by atoms with van der Waals surface area (Å²) in [5, 5.41) is 0. The summed E-state index contributed by atoms with van der Waals surface area (Å²) < 4.78 is 40.5. The lowest BCUT2D eigenvalue weighted by Crippen LogP contribution is -2.49. The van der Waals surface area contributed by atoms with E-state index in [1.54, 1.807) is 24.3 Å². The molecule has 2 saturated heterocycles. The van der Waals surface area contributed by atoms with Gasteiger partial charge in [0.25, 0.3) is 6.43 Å². The van der Waals surface area contributed by atoms with Crippen molar-refractivity contribution in [3.05, 3.63) is 30.1 Å². The summed E-state index contributed by atoms with van der Waals surface area (Å²) in [4.78, 5) is 22.2. The highest BCUT2D eigenvalue weighted by atomic mass is 19.3. The Morgan fingerprint density at radius 2 is 1.62 bits per heavy atom. The number of nitrogens with zero attached hydrogens (tertiary/aromatic N) is 7. The molecule has 0 spiro atoms. The summed E-state index contributed by atoms with van der Waals surface area (Å²) >= 11 is 0. The average molecular weight is 445 g/mol. The molecule has 2 atom stereocenters. The van der Waals surface area contributed by atoms with Crippen molar-refractivity contribution in [3.8, 4) is 5.95 Å². The first kappa shape index (κ1) is 21.0. The summed E-state index contributed by atoms with van der Waals surface area (Å²) in [7, 11) is 0. The van der Waals surface area contributed by atoms with Gasteiger partial charge in [0.2, 0.25) is 17.8 Å². The number of anilines is 2. The van der Waals surface area contributed by atoms with E-state index in [-0.39, 0.29) is 23.9 Å². The maximum atomic E-state index is 14.0. The first-order valence-corrected chi connectivity index (χ1v) is 10.8. The smallest absolute Gasteiger partial charge is 0.296 e. The molecule has 0 saturated carbocycles. The van der Waals surface area contributed by atoms with Crippen molar-refractivity contribution in [2.45, 2.75) is 32.4 Å². The van der Waals surface area contributed by atoms with Gasteiger partial charge in [-0.2, -0.15) is 15.0 Å². The van der Waals surface area contributed by atoms with Crippen LogP contribution >= 0.6 is 0 Å². The third kappa shape index (κ3) is 3.75. The highest BCUT2D eigenvalue weighted by molar-refractivity contribution is 5.77. The van der Waals surface area contributed by atoms with Crippen LogP contribution in [-0.2, 0) is 9.47 Å². The van der Waals surface area contributed by atoms with Crippen molar-refractivity contribution in [3.63, 3.8) is 0 Å². The lowest BCUT2D eigenvalue weighted by molar-refractivity contribution is 0.0277. The van der Waals surface area contributed by atoms with Crippen LogP contribution in [0.25, 0.3) is 17.0 Å². The molecule has 0 amide bonds. The Balaban J connectivity index is 1.68. The zero-order valence-electron chi connectivity index (χ0n) is 18.0. The molecule has 0 bridgehead atoms. The van der Waals surface area contributed by atoms with Gasteiger partial charge in [-0.05, 0) is 26.0 Å². The molecule has 11 heteroatoms. The van der Waals surface area contributed by atoms with E-state index in [9.17, 15) is 8.78 Å². The van der Waals surface area contributed by atoms with Crippen molar-refractivity contribution < 1.29 is 18.3 Å². The predicted octanol–water partition coefficient (Wildman–Crippen LogP) is 2.60.